The average molecular weight is 727 g/mol. The molecule has 0 radical (unpaired) electrons. The largest absolute Gasteiger partial charge is 0.459 e. The van der Waals surface area contributed by atoms with Crippen molar-refractivity contribution in [2.45, 2.75) is 154 Å². The van der Waals surface area contributed by atoms with Crippen LogP contribution in [0.15, 0.2) is 53.1 Å². The molecule has 0 spiro atoms. The molecule has 1 aromatic rings. The second-order valence-corrected chi connectivity index (χ2v) is 14.6. The lowest BCUT2D eigenvalue weighted by Crippen LogP contribution is -2.64. The van der Waals surface area contributed by atoms with Crippen LogP contribution < -0.4 is 0 Å². The topological polar surface area (TPSA) is 172 Å². The van der Waals surface area contributed by atoms with Crippen molar-refractivity contribution in [3.63, 3.8) is 0 Å². The monoisotopic (exact) mass is 726 g/mol. The lowest BCUT2D eigenvalue weighted by Gasteiger charge is -2.42. The summed E-state index contributed by atoms with van der Waals surface area (Å²) in [5.74, 6) is -5.92. The number of fused-ring (bicyclic) bond motifs is 3. The van der Waals surface area contributed by atoms with Gasteiger partial charge in [-0.2, -0.15) is 0 Å². The molecular formula is C40H54O12. The van der Waals surface area contributed by atoms with Gasteiger partial charge >= 0.3 is 29.8 Å². The molecule has 9 atom stereocenters. The quantitative estimate of drug-likeness (QED) is 0.0832. The Morgan fingerprint density at radius 1 is 0.981 bits per heavy atom. The third kappa shape index (κ3) is 7.69. The fourth-order valence-electron chi connectivity index (χ4n) is 7.92. The van der Waals surface area contributed by atoms with Gasteiger partial charge in [-0.25, -0.2) is 9.59 Å². The number of hydrogen-bond acceptors (Lipinski definition) is 12. The van der Waals surface area contributed by atoms with Crippen molar-refractivity contribution in [1.29, 1.82) is 0 Å². The summed E-state index contributed by atoms with van der Waals surface area (Å²) in [6, 6.07) is 8.88. The summed E-state index contributed by atoms with van der Waals surface area (Å²) in [5.41, 5.74) is -5.67. The van der Waals surface area contributed by atoms with E-state index in [1.54, 1.807) is 64.1 Å². The van der Waals surface area contributed by atoms with E-state index in [9.17, 15) is 34.2 Å². The van der Waals surface area contributed by atoms with Gasteiger partial charge in [-0.15, -0.1) is 0 Å². The SMILES string of the molecule is C/C=C(/C)C(=O)O[C@@H]1C(C)=C2[C@H]3OC(=O)[C@](C)(O)[C@]3(O)[C@H](OC(=O)[C@@H](CC)c3ccccc3)C[C@@](C)(OC(C)=O)[C@@H]2[C@H]1OC(=O)CCCCCCC. The molecule has 1 saturated heterocycles. The standard InChI is InChI=1S/C40H54O12/c1-9-12-13-14-18-21-29(42)49-33-31-30(24(5)32(33)50-35(43)23(4)10-2)34-40(47,39(8,46)37(45)51-34)28(22-38(31,7)52-25(6)41)48-36(44)27(11-3)26-19-16-15-17-20-26/h10,15-17,19-20,27-28,31-34,46-47H,9,11-14,18,21-22H2,1-8H3/b23-10-/t27-,28+,31-,32+,33+,34+,38+,39-,40-/m0/s1. The first kappa shape index (κ1) is 40.7. The van der Waals surface area contributed by atoms with Crippen LogP contribution in [0.5, 0.6) is 0 Å². The zero-order valence-electron chi connectivity index (χ0n) is 31.6. The Hall–Kier alpha value is -4.03. The van der Waals surface area contributed by atoms with E-state index in [1.807, 2.05) is 0 Å². The number of ether oxygens (including phenoxy) is 5. The molecule has 52 heavy (non-hydrogen) atoms. The first-order chi connectivity index (χ1) is 24.5. The molecule has 2 fully saturated rings. The molecule has 286 valence electrons. The summed E-state index contributed by atoms with van der Waals surface area (Å²) in [7, 11) is 0. The lowest BCUT2D eigenvalue weighted by molar-refractivity contribution is -0.213. The molecular weight excluding hydrogens is 672 g/mol. The van der Waals surface area contributed by atoms with Crippen LogP contribution in [0.25, 0.3) is 0 Å². The van der Waals surface area contributed by atoms with Gasteiger partial charge in [0.25, 0.3) is 0 Å². The van der Waals surface area contributed by atoms with Crippen LogP contribution in [0.1, 0.15) is 118 Å². The molecule has 3 aliphatic rings. The number of allylic oxidation sites excluding steroid dienone is 1. The molecule has 1 aliphatic heterocycles. The highest BCUT2D eigenvalue weighted by molar-refractivity contribution is 5.88. The molecule has 0 unspecified atom stereocenters. The van der Waals surface area contributed by atoms with Gasteiger partial charge in [-0.05, 0) is 64.2 Å². The average Bonchev–Trinajstić information content (AvgIpc) is 3.42. The predicted molar refractivity (Wildman–Crippen MR) is 188 cm³/mol. The highest BCUT2D eigenvalue weighted by Gasteiger charge is 2.76. The molecule has 0 aromatic heterocycles. The third-order valence-electron chi connectivity index (χ3n) is 10.9. The fourth-order valence-corrected chi connectivity index (χ4v) is 7.92. The highest BCUT2D eigenvalue weighted by atomic mass is 16.6. The third-order valence-corrected chi connectivity index (χ3v) is 10.9. The van der Waals surface area contributed by atoms with Crippen molar-refractivity contribution in [2.24, 2.45) is 5.92 Å². The van der Waals surface area contributed by atoms with Crippen LogP contribution >= 0.6 is 0 Å². The Morgan fingerprint density at radius 3 is 2.23 bits per heavy atom. The van der Waals surface area contributed by atoms with Gasteiger partial charge in [0, 0.05) is 25.3 Å². The molecule has 12 nitrogen and oxygen atoms in total. The maximum atomic E-state index is 14.0. The maximum absolute atomic E-state index is 14.0. The Balaban J connectivity index is 1.88. The van der Waals surface area contributed by atoms with Crippen molar-refractivity contribution in [1.82, 2.24) is 0 Å². The first-order valence-corrected chi connectivity index (χ1v) is 18.3. The van der Waals surface area contributed by atoms with E-state index >= 15 is 0 Å². The molecule has 1 aromatic carbocycles. The highest BCUT2D eigenvalue weighted by Crippen LogP contribution is 2.57. The fraction of sp³-hybridized carbons (Fsp3) is 0.625. The van der Waals surface area contributed by atoms with Crippen molar-refractivity contribution >= 4 is 29.8 Å². The zero-order chi connectivity index (χ0) is 38.6. The second-order valence-electron chi connectivity index (χ2n) is 14.6. The van der Waals surface area contributed by atoms with Crippen LogP contribution in [0.2, 0.25) is 0 Å². The number of benzene rings is 1. The molecule has 12 heteroatoms. The summed E-state index contributed by atoms with van der Waals surface area (Å²) in [6.45, 7) is 12.5. The van der Waals surface area contributed by atoms with E-state index in [4.69, 9.17) is 23.7 Å². The molecule has 4 rings (SSSR count). The minimum Gasteiger partial charge on any atom is -0.459 e. The van der Waals surface area contributed by atoms with Crippen LogP contribution in [-0.2, 0) is 47.7 Å². The van der Waals surface area contributed by atoms with Gasteiger partial charge in [-0.1, -0.05) is 75.9 Å². The van der Waals surface area contributed by atoms with E-state index in [0.29, 0.717) is 18.4 Å². The van der Waals surface area contributed by atoms with E-state index in [0.717, 1.165) is 32.6 Å². The van der Waals surface area contributed by atoms with E-state index in [2.05, 4.69) is 6.92 Å². The minimum absolute atomic E-state index is 0.0648. The number of hydrogen-bond donors (Lipinski definition) is 2. The number of esters is 5. The van der Waals surface area contributed by atoms with Gasteiger partial charge in [0.05, 0.1) is 11.8 Å². The normalized spacial score (nSPS) is 31.8. The molecule has 0 amide bonds. The van der Waals surface area contributed by atoms with E-state index in [1.165, 1.54) is 13.8 Å². The Labute approximate surface area is 305 Å². The van der Waals surface area contributed by atoms with Gasteiger partial charge in [-0.3, -0.25) is 14.4 Å². The Bertz CT molecular complexity index is 1580. The summed E-state index contributed by atoms with van der Waals surface area (Å²) in [4.78, 5) is 67.0. The molecule has 0 bridgehead atoms. The van der Waals surface area contributed by atoms with Crippen molar-refractivity contribution in [3.8, 4) is 0 Å². The van der Waals surface area contributed by atoms with E-state index in [-0.39, 0.29) is 23.1 Å². The van der Waals surface area contributed by atoms with E-state index < -0.39 is 89.3 Å². The van der Waals surface area contributed by atoms with Crippen molar-refractivity contribution in [3.05, 3.63) is 58.7 Å². The van der Waals surface area contributed by atoms with Gasteiger partial charge < -0.3 is 33.9 Å². The first-order valence-electron chi connectivity index (χ1n) is 18.3. The summed E-state index contributed by atoms with van der Waals surface area (Å²) in [6.07, 6.45) is -0.0733. The lowest BCUT2D eigenvalue weighted by atomic mass is 9.75. The van der Waals surface area contributed by atoms with Gasteiger partial charge in [0.15, 0.2) is 29.5 Å². The second kappa shape index (κ2) is 16.3. The predicted octanol–water partition coefficient (Wildman–Crippen LogP) is 5.32. The minimum atomic E-state index is -2.63. The Morgan fingerprint density at radius 2 is 1.63 bits per heavy atom. The van der Waals surface area contributed by atoms with Crippen molar-refractivity contribution in [2.75, 3.05) is 0 Å². The number of rotatable bonds is 14. The van der Waals surface area contributed by atoms with Crippen LogP contribution in [0.3, 0.4) is 0 Å². The summed E-state index contributed by atoms with van der Waals surface area (Å²) >= 11 is 0. The number of carbonyl (C=O) groups is 5. The van der Waals surface area contributed by atoms with Gasteiger partial charge in [0.2, 0.25) is 0 Å². The van der Waals surface area contributed by atoms with Crippen LogP contribution in [0.4, 0.5) is 0 Å². The molecule has 2 N–H and O–H groups in total. The molecule has 1 saturated carbocycles. The van der Waals surface area contributed by atoms with Gasteiger partial charge in [0.1, 0.15) is 11.7 Å². The summed E-state index contributed by atoms with van der Waals surface area (Å²) < 4.78 is 30.0. The zero-order valence-corrected chi connectivity index (χ0v) is 31.6. The Kier molecular flexibility index (Phi) is 12.8. The number of unbranched alkanes of at least 4 members (excludes halogenated alkanes) is 4. The molecule has 2 aliphatic carbocycles. The molecule has 1 heterocycles. The van der Waals surface area contributed by atoms with Crippen molar-refractivity contribution < 1.29 is 57.9 Å². The smallest absolute Gasteiger partial charge is 0.341 e. The van der Waals surface area contributed by atoms with Crippen LogP contribution in [0, 0.1) is 5.92 Å². The summed E-state index contributed by atoms with van der Waals surface area (Å²) in [5, 5.41) is 24.5. The number of aliphatic hydroxyl groups is 2. The number of carbonyl (C=O) groups excluding carboxylic acids is 5. The van der Waals surface area contributed by atoms with Crippen LogP contribution in [-0.4, -0.2) is 81.3 Å². The maximum Gasteiger partial charge on any atom is 0.341 e.